The van der Waals surface area contributed by atoms with Crippen LogP contribution in [0.3, 0.4) is 0 Å². The van der Waals surface area contributed by atoms with Crippen molar-refractivity contribution in [1.82, 2.24) is 4.98 Å². The normalized spacial score (nSPS) is 12.3. The van der Waals surface area contributed by atoms with Gasteiger partial charge < -0.3 is 5.73 Å². The van der Waals surface area contributed by atoms with Gasteiger partial charge >= 0.3 is 0 Å². The summed E-state index contributed by atoms with van der Waals surface area (Å²) in [5.41, 5.74) is 7.80. The zero-order valence-electron chi connectivity index (χ0n) is 8.80. The van der Waals surface area contributed by atoms with E-state index < -0.39 is 0 Å². The van der Waals surface area contributed by atoms with Gasteiger partial charge in [0.25, 0.3) is 0 Å². The first-order valence-corrected chi connectivity index (χ1v) is 6.34. The van der Waals surface area contributed by atoms with Gasteiger partial charge in [0.1, 0.15) is 0 Å². The Kier molecular flexibility index (Phi) is 4.96. The van der Waals surface area contributed by atoms with Gasteiger partial charge in [-0.15, -0.1) is 0 Å². The molecule has 0 amide bonds. The molecule has 0 spiro atoms. The molecule has 4 heteroatoms. The number of rotatable bonds is 3. The molecule has 82 valence electrons. The molecule has 0 fully saturated rings. The van der Waals surface area contributed by atoms with E-state index in [-0.39, 0.29) is 0 Å². The molecule has 0 aromatic carbocycles. The highest BCUT2D eigenvalue weighted by atomic mass is 79.9. The Bertz CT molecular complexity index is 373. The highest BCUT2D eigenvalue weighted by Crippen LogP contribution is 2.22. The van der Waals surface area contributed by atoms with Crippen LogP contribution < -0.4 is 5.73 Å². The second-order valence-electron chi connectivity index (χ2n) is 3.60. The fraction of sp³-hybridized carbons (Fsp3) is 0.364. The first kappa shape index (κ1) is 12.9. The quantitative estimate of drug-likeness (QED) is 0.917. The van der Waals surface area contributed by atoms with Gasteiger partial charge in [-0.05, 0) is 49.9 Å². The molecule has 2 nitrogen and oxygen atoms in total. The van der Waals surface area contributed by atoms with Gasteiger partial charge in [0.15, 0.2) is 0 Å². The molecule has 0 atom stereocenters. The molecule has 0 radical (unpaired) electrons. The molecule has 0 bridgehead atoms. The summed E-state index contributed by atoms with van der Waals surface area (Å²) in [6, 6.07) is 1.98. The van der Waals surface area contributed by atoms with E-state index in [0.717, 1.165) is 14.6 Å². The second-order valence-corrected chi connectivity index (χ2v) is 5.37. The summed E-state index contributed by atoms with van der Waals surface area (Å²) in [5, 5.41) is 0. The highest BCUT2D eigenvalue weighted by Gasteiger charge is 2.04. The summed E-state index contributed by atoms with van der Waals surface area (Å²) in [5.74, 6) is 0.451. The van der Waals surface area contributed by atoms with Crippen molar-refractivity contribution >= 4 is 37.9 Å². The topological polar surface area (TPSA) is 38.9 Å². The van der Waals surface area contributed by atoms with E-state index in [1.54, 1.807) is 6.20 Å². The van der Waals surface area contributed by atoms with Crippen LogP contribution in [0.1, 0.15) is 19.5 Å². The average Bonchev–Trinajstić information content (AvgIpc) is 2.16. The molecule has 0 aliphatic heterocycles. The standard InChI is InChI=1S/C11H14Br2N2/c1-7(2)8(5-14)3-11-10(13)4-9(12)6-15-11/h3-4,6-7H,5,14H2,1-2H3. The predicted molar refractivity (Wildman–Crippen MR) is 71.5 cm³/mol. The molecule has 1 aromatic heterocycles. The van der Waals surface area contributed by atoms with Crippen molar-refractivity contribution in [3.8, 4) is 0 Å². The van der Waals surface area contributed by atoms with Gasteiger partial charge in [-0.1, -0.05) is 19.4 Å². The van der Waals surface area contributed by atoms with Crippen LogP contribution in [0.4, 0.5) is 0 Å². The molecule has 1 rings (SSSR count). The Morgan fingerprint density at radius 1 is 1.53 bits per heavy atom. The van der Waals surface area contributed by atoms with Crippen molar-refractivity contribution in [2.24, 2.45) is 11.7 Å². The van der Waals surface area contributed by atoms with Crippen LogP contribution >= 0.6 is 31.9 Å². The fourth-order valence-corrected chi connectivity index (χ4v) is 2.27. The minimum Gasteiger partial charge on any atom is -0.327 e. The van der Waals surface area contributed by atoms with Gasteiger partial charge in [-0.25, -0.2) is 0 Å². The highest BCUT2D eigenvalue weighted by molar-refractivity contribution is 9.11. The summed E-state index contributed by atoms with van der Waals surface area (Å²) in [6.07, 6.45) is 3.83. The number of hydrogen-bond acceptors (Lipinski definition) is 2. The molecule has 0 saturated carbocycles. The van der Waals surface area contributed by atoms with Crippen LogP contribution in [0.15, 0.2) is 26.8 Å². The van der Waals surface area contributed by atoms with Gasteiger partial charge in [0, 0.05) is 21.7 Å². The van der Waals surface area contributed by atoms with Crippen LogP contribution in [0.5, 0.6) is 0 Å². The largest absolute Gasteiger partial charge is 0.327 e. The number of aromatic nitrogens is 1. The lowest BCUT2D eigenvalue weighted by Gasteiger charge is -2.09. The molecule has 0 unspecified atom stereocenters. The minimum atomic E-state index is 0.451. The number of hydrogen-bond donors (Lipinski definition) is 1. The van der Waals surface area contributed by atoms with Crippen LogP contribution in [0, 0.1) is 5.92 Å². The van der Waals surface area contributed by atoms with Gasteiger partial charge in [0.05, 0.1) is 5.69 Å². The summed E-state index contributed by atoms with van der Waals surface area (Å²) in [4.78, 5) is 4.32. The van der Waals surface area contributed by atoms with Crippen LogP contribution in [-0.2, 0) is 0 Å². The predicted octanol–water partition coefficient (Wildman–Crippen LogP) is 3.60. The number of halogens is 2. The zero-order valence-corrected chi connectivity index (χ0v) is 12.0. The Labute approximate surface area is 107 Å². The molecule has 1 heterocycles. The third-order valence-corrected chi connectivity index (χ3v) is 3.20. The smallest absolute Gasteiger partial charge is 0.0772 e. The van der Waals surface area contributed by atoms with Gasteiger partial charge in [-0.3, -0.25) is 4.98 Å². The van der Waals surface area contributed by atoms with Crippen molar-refractivity contribution in [3.05, 3.63) is 32.5 Å². The molecule has 15 heavy (non-hydrogen) atoms. The maximum absolute atomic E-state index is 5.68. The van der Waals surface area contributed by atoms with Crippen molar-refractivity contribution in [1.29, 1.82) is 0 Å². The van der Waals surface area contributed by atoms with Crippen LogP contribution in [0.25, 0.3) is 6.08 Å². The van der Waals surface area contributed by atoms with E-state index in [1.165, 1.54) is 5.57 Å². The lowest BCUT2D eigenvalue weighted by atomic mass is 10.0. The summed E-state index contributed by atoms with van der Waals surface area (Å²) >= 11 is 6.85. The number of nitrogens with zero attached hydrogens (tertiary/aromatic N) is 1. The van der Waals surface area contributed by atoms with Crippen molar-refractivity contribution < 1.29 is 0 Å². The third-order valence-electron chi connectivity index (χ3n) is 2.14. The maximum Gasteiger partial charge on any atom is 0.0772 e. The van der Waals surface area contributed by atoms with E-state index in [1.807, 2.05) is 12.1 Å². The van der Waals surface area contributed by atoms with E-state index in [4.69, 9.17) is 5.73 Å². The minimum absolute atomic E-state index is 0.451. The zero-order chi connectivity index (χ0) is 11.4. The van der Waals surface area contributed by atoms with Gasteiger partial charge in [0.2, 0.25) is 0 Å². The lowest BCUT2D eigenvalue weighted by Crippen LogP contribution is -2.08. The molecular formula is C11H14Br2N2. The number of nitrogens with two attached hydrogens (primary N) is 1. The summed E-state index contributed by atoms with van der Waals surface area (Å²) in [7, 11) is 0. The van der Waals surface area contributed by atoms with E-state index >= 15 is 0 Å². The third kappa shape index (κ3) is 3.70. The summed E-state index contributed by atoms with van der Waals surface area (Å²) in [6.45, 7) is 4.83. The van der Waals surface area contributed by atoms with E-state index in [9.17, 15) is 0 Å². The van der Waals surface area contributed by atoms with Crippen molar-refractivity contribution in [3.63, 3.8) is 0 Å². The number of pyridine rings is 1. The maximum atomic E-state index is 5.68. The van der Waals surface area contributed by atoms with Crippen molar-refractivity contribution in [2.45, 2.75) is 13.8 Å². The Morgan fingerprint density at radius 2 is 2.20 bits per heavy atom. The van der Waals surface area contributed by atoms with E-state index in [2.05, 4.69) is 50.7 Å². The first-order chi connectivity index (χ1) is 7.04. The molecule has 1 aromatic rings. The molecule has 0 aliphatic rings. The monoisotopic (exact) mass is 332 g/mol. The average molecular weight is 334 g/mol. The second kappa shape index (κ2) is 5.77. The van der Waals surface area contributed by atoms with Gasteiger partial charge in [-0.2, -0.15) is 0 Å². The molecule has 0 aliphatic carbocycles. The Balaban J connectivity index is 3.06. The lowest BCUT2D eigenvalue weighted by molar-refractivity contribution is 0.752. The fourth-order valence-electron chi connectivity index (χ4n) is 1.17. The van der Waals surface area contributed by atoms with Crippen LogP contribution in [-0.4, -0.2) is 11.5 Å². The van der Waals surface area contributed by atoms with E-state index in [0.29, 0.717) is 12.5 Å². The Morgan fingerprint density at radius 3 is 2.67 bits per heavy atom. The SMILES string of the molecule is CC(C)C(=Cc1ncc(Br)cc1Br)CN. The first-order valence-electron chi connectivity index (χ1n) is 4.76. The van der Waals surface area contributed by atoms with Crippen LogP contribution in [0.2, 0.25) is 0 Å². The molecular weight excluding hydrogens is 320 g/mol. The summed E-state index contributed by atoms with van der Waals surface area (Å²) < 4.78 is 1.94. The van der Waals surface area contributed by atoms with Crippen molar-refractivity contribution in [2.75, 3.05) is 6.54 Å². The molecule has 2 N–H and O–H groups in total. The molecule has 0 saturated heterocycles. The Hall–Kier alpha value is -0.190.